The fourth-order valence-electron chi connectivity index (χ4n) is 6.89. The number of pyridine rings is 1. The molecule has 2 unspecified atom stereocenters. The summed E-state index contributed by atoms with van der Waals surface area (Å²) < 4.78 is 39.5. The third-order valence-electron chi connectivity index (χ3n) is 9.99. The molecule has 3 heterocycles. The van der Waals surface area contributed by atoms with Gasteiger partial charge >= 0.3 is 0 Å². The number of sulfonamides is 1. The van der Waals surface area contributed by atoms with Crippen LogP contribution in [0.4, 0.5) is 0 Å². The molecular weight excluding hydrogens is 676 g/mol. The fourth-order valence-corrected chi connectivity index (χ4v) is 8.25. The van der Waals surface area contributed by atoms with Crippen molar-refractivity contribution < 1.29 is 37.4 Å². The van der Waals surface area contributed by atoms with Crippen LogP contribution in [0.15, 0.2) is 67.1 Å². The minimum absolute atomic E-state index is 0.0376. The number of likely N-dealkylation sites (tertiary alicyclic amines) is 1. The molecule has 51 heavy (non-hydrogen) atoms. The van der Waals surface area contributed by atoms with Crippen LogP contribution < -0.4 is 19.5 Å². The maximum absolute atomic E-state index is 14.1. The van der Waals surface area contributed by atoms with Gasteiger partial charge in [-0.3, -0.25) is 19.1 Å². The van der Waals surface area contributed by atoms with Crippen molar-refractivity contribution in [2.45, 2.75) is 74.5 Å². The number of nitrogens with one attached hydrogen (secondary N) is 3. The molecule has 0 bridgehead atoms. The predicted octanol–water partition coefficient (Wildman–Crippen LogP) is 2.48. The van der Waals surface area contributed by atoms with E-state index in [2.05, 4.69) is 20.0 Å². The molecule has 2 aliphatic carbocycles. The normalized spacial score (nSPS) is 23.4. The van der Waals surface area contributed by atoms with Gasteiger partial charge in [0.15, 0.2) is 0 Å². The molecule has 0 radical (unpaired) electrons. The van der Waals surface area contributed by atoms with E-state index >= 15 is 0 Å². The predicted molar refractivity (Wildman–Crippen MR) is 186 cm³/mol. The molecular formula is C36H40N6O8S. The van der Waals surface area contributed by atoms with Gasteiger partial charge in [-0.25, -0.2) is 18.4 Å². The molecule has 2 aromatic heterocycles. The number of fused-ring (bicyclic) bond motifs is 1. The second-order valence-electron chi connectivity index (χ2n) is 13.5. The minimum Gasteiger partial charge on any atom is -0.497 e. The van der Waals surface area contributed by atoms with Crippen molar-refractivity contribution in [3.05, 3.63) is 72.8 Å². The van der Waals surface area contributed by atoms with E-state index in [1.807, 2.05) is 49.4 Å². The zero-order valence-electron chi connectivity index (χ0n) is 28.2. The average Bonchev–Trinajstić information content (AvgIpc) is 4.01. The van der Waals surface area contributed by atoms with Crippen LogP contribution in [0.25, 0.3) is 22.2 Å². The third kappa shape index (κ3) is 7.00. The van der Waals surface area contributed by atoms with E-state index in [-0.39, 0.29) is 31.7 Å². The molecule has 3 fully saturated rings. The highest BCUT2D eigenvalue weighted by molar-refractivity contribution is 7.91. The van der Waals surface area contributed by atoms with Gasteiger partial charge < -0.3 is 29.8 Å². The Hall–Kier alpha value is -5.02. The van der Waals surface area contributed by atoms with Gasteiger partial charge in [-0.15, -0.1) is 0 Å². The van der Waals surface area contributed by atoms with Crippen molar-refractivity contribution in [3.63, 3.8) is 0 Å². The largest absolute Gasteiger partial charge is 0.497 e. The lowest BCUT2D eigenvalue weighted by Gasteiger charge is -2.28. The Morgan fingerprint density at radius 2 is 1.92 bits per heavy atom. The van der Waals surface area contributed by atoms with E-state index in [1.54, 1.807) is 19.2 Å². The summed E-state index contributed by atoms with van der Waals surface area (Å²) >= 11 is 0. The van der Waals surface area contributed by atoms with Crippen molar-refractivity contribution in [2.24, 2.45) is 5.92 Å². The first-order valence-corrected chi connectivity index (χ1v) is 18.6. The van der Waals surface area contributed by atoms with Crippen molar-refractivity contribution in [1.82, 2.24) is 29.9 Å². The third-order valence-corrected chi connectivity index (χ3v) is 11.8. The molecule has 2 aromatic carbocycles. The number of aromatic nitrogens is 3. The van der Waals surface area contributed by atoms with Crippen molar-refractivity contribution in [3.8, 4) is 22.8 Å². The molecule has 14 nitrogen and oxygen atoms in total. The van der Waals surface area contributed by atoms with Crippen LogP contribution in [0.2, 0.25) is 0 Å². The van der Waals surface area contributed by atoms with E-state index in [1.165, 1.54) is 17.4 Å². The number of hydrogen-bond acceptors (Lipinski definition) is 10. The monoisotopic (exact) mass is 716 g/mol. The van der Waals surface area contributed by atoms with E-state index in [9.17, 15) is 27.9 Å². The Labute approximate surface area is 295 Å². The standard InChI is InChI=1S/C36H40N6O8S/c1-3-22-17-36(22,35(46)41-51(47,48)26-10-11-26)40-33(44)30-15-25(19-42(30)34(45)31(43)13-23-18-37-20-38-23)50-32-16-28(21-7-5-4-6-8-21)39-29-14-24(49-2)9-12-27(29)32/h4-9,12,14,16,18,20,22,25-26,30-31,43H,3,10-11,13,15,17,19H2,1-2H3,(H,37,38)(H,40,44)(H,41,46)/t22?,25-,30+,31?,36-/m1/s1. The van der Waals surface area contributed by atoms with Gasteiger partial charge in [-0.2, -0.15) is 0 Å². The van der Waals surface area contributed by atoms with Crippen LogP contribution in [0, 0.1) is 5.92 Å². The second kappa shape index (κ2) is 13.6. The molecule has 3 amide bonds. The minimum atomic E-state index is -3.86. The lowest BCUT2D eigenvalue weighted by atomic mass is 10.1. The number of aliphatic hydroxyl groups is 1. The number of amides is 3. The van der Waals surface area contributed by atoms with E-state index < -0.39 is 56.8 Å². The Balaban J connectivity index is 1.18. The molecule has 0 spiro atoms. The molecule has 5 atom stereocenters. The Morgan fingerprint density at radius 3 is 2.59 bits per heavy atom. The number of aromatic amines is 1. The number of nitrogens with zero attached hydrogens (tertiary/aromatic N) is 3. The summed E-state index contributed by atoms with van der Waals surface area (Å²) in [4.78, 5) is 54.4. The summed E-state index contributed by atoms with van der Waals surface area (Å²) in [6, 6.07) is 15.7. The summed E-state index contributed by atoms with van der Waals surface area (Å²) in [5.41, 5.74) is 1.23. The number of rotatable bonds is 13. The molecule has 3 aliphatic rings. The smallest absolute Gasteiger partial charge is 0.259 e. The van der Waals surface area contributed by atoms with E-state index in [0.29, 0.717) is 53.1 Å². The summed E-state index contributed by atoms with van der Waals surface area (Å²) in [6.07, 6.45) is 2.49. The molecule has 15 heteroatoms. The maximum Gasteiger partial charge on any atom is 0.259 e. The number of methoxy groups -OCH3 is 1. The van der Waals surface area contributed by atoms with Gasteiger partial charge in [0.05, 0.1) is 36.4 Å². The SMILES string of the molecule is CCC1C[C@]1(NC(=O)[C@@H]1C[C@@H](Oc2cc(-c3ccccc3)nc3cc(OC)ccc23)CN1C(=O)C(O)Cc1cnc[nH]1)C(=O)NS(=O)(=O)C1CC1. The first-order chi connectivity index (χ1) is 24.5. The number of H-pyrrole nitrogens is 1. The zero-order chi connectivity index (χ0) is 35.9. The summed E-state index contributed by atoms with van der Waals surface area (Å²) in [6.45, 7) is 1.82. The van der Waals surface area contributed by atoms with Gasteiger partial charge in [0, 0.05) is 47.8 Å². The van der Waals surface area contributed by atoms with Gasteiger partial charge in [0.25, 0.3) is 11.8 Å². The van der Waals surface area contributed by atoms with Crippen LogP contribution in [0.3, 0.4) is 0 Å². The molecule has 268 valence electrons. The highest BCUT2D eigenvalue weighted by Crippen LogP contribution is 2.47. The quantitative estimate of drug-likeness (QED) is 0.160. The number of carbonyl (C=O) groups is 3. The van der Waals surface area contributed by atoms with Crippen LogP contribution in [-0.2, 0) is 30.8 Å². The van der Waals surface area contributed by atoms with Crippen LogP contribution in [0.5, 0.6) is 11.5 Å². The highest BCUT2D eigenvalue weighted by Gasteiger charge is 2.62. The van der Waals surface area contributed by atoms with E-state index in [0.717, 1.165) is 5.56 Å². The lowest BCUT2D eigenvalue weighted by molar-refractivity contribution is -0.145. The van der Waals surface area contributed by atoms with Gasteiger partial charge in [-0.1, -0.05) is 43.7 Å². The zero-order valence-corrected chi connectivity index (χ0v) is 29.1. The molecule has 7 rings (SSSR count). The van der Waals surface area contributed by atoms with Crippen molar-refractivity contribution in [1.29, 1.82) is 0 Å². The van der Waals surface area contributed by atoms with Gasteiger partial charge in [0.2, 0.25) is 15.9 Å². The highest BCUT2D eigenvalue weighted by atomic mass is 32.2. The van der Waals surface area contributed by atoms with Gasteiger partial charge in [0.1, 0.15) is 35.3 Å². The Bertz CT molecular complexity index is 2060. The second-order valence-corrected chi connectivity index (χ2v) is 15.4. The lowest BCUT2D eigenvalue weighted by Crippen LogP contribution is -2.57. The first-order valence-electron chi connectivity index (χ1n) is 17.1. The van der Waals surface area contributed by atoms with Crippen molar-refractivity contribution in [2.75, 3.05) is 13.7 Å². The first kappa shape index (κ1) is 34.4. The number of imidazole rings is 1. The molecule has 4 aromatic rings. The number of carbonyl (C=O) groups excluding carboxylic acids is 3. The summed E-state index contributed by atoms with van der Waals surface area (Å²) in [7, 11) is -2.29. The maximum atomic E-state index is 14.1. The molecule has 2 saturated carbocycles. The summed E-state index contributed by atoms with van der Waals surface area (Å²) in [5, 5.41) is 13.9. The number of hydrogen-bond donors (Lipinski definition) is 4. The Morgan fingerprint density at radius 1 is 1.14 bits per heavy atom. The van der Waals surface area contributed by atoms with Crippen LogP contribution in [-0.4, -0.2) is 93.8 Å². The molecule has 1 saturated heterocycles. The van der Waals surface area contributed by atoms with Crippen LogP contribution in [0.1, 0.15) is 44.7 Å². The van der Waals surface area contributed by atoms with Crippen molar-refractivity contribution >= 4 is 38.6 Å². The molecule has 4 N–H and O–H groups in total. The number of benzene rings is 2. The van der Waals surface area contributed by atoms with E-state index in [4.69, 9.17) is 14.5 Å². The number of ether oxygens (including phenoxy) is 2. The Kier molecular flexibility index (Phi) is 9.18. The number of aliphatic hydroxyl groups excluding tert-OH is 1. The average molecular weight is 717 g/mol. The van der Waals surface area contributed by atoms with Gasteiger partial charge in [-0.05, 0) is 37.3 Å². The van der Waals surface area contributed by atoms with Crippen LogP contribution >= 0.6 is 0 Å². The summed E-state index contributed by atoms with van der Waals surface area (Å²) in [5.74, 6) is -1.29. The fraction of sp³-hybridized carbons (Fsp3) is 0.417. The molecule has 1 aliphatic heterocycles. The topological polar surface area (TPSA) is 193 Å².